The molecule has 4 amide bonds. The van der Waals surface area contributed by atoms with Gasteiger partial charge in [-0.15, -0.1) is 0 Å². The Balaban J connectivity index is 0.944. The fraction of sp³-hybridized carbons (Fsp3) is 0.435. The number of hydrogen-bond acceptors (Lipinski definition) is 9. The number of benzene rings is 3. The zero-order chi connectivity index (χ0) is 45.2. The predicted molar refractivity (Wildman–Crippen MR) is 238 cm³/mol. The molecule has 3 aromatic rings. The first-order valence-corrected chi connectivity index (χ1v) is 25.9. The van der Waals surface area contributed by atoms with Gasteiger partial charge in [-0.2, -0.15) is 8.42 Å². The summed E-state index contributed by atoms with van der Waals surface area (Å²) in [5.41, 5.74) is 3.54. The molecule has 3 heterocycles. The van der Waals surface area contributed by atoms with Gasteiger partial charge in [0.05, 0.1) is 6.42 Å². The summed E-state index contributed by atoms with van der Waals surface area (Å²) in [7, 11) is -4.31. The van der Waals surface area contributed by atoms with Crippen LogP contribution in [0.25, 0.3) is 4.91 Å². The topological polar surface area (TPSA) is 177 Å². The number of anilines is 1. The van der Waals surface area contributed by atoms with Crippen LogP contribution in [0.5, 0.6) is 5.75 Å². The van der Waals surface area contributed by atoms with Crippen molar-refractivity contribution in [3.8, 4) is 5.75 Å². The zero-order valence-corrected chi connectivity index (χ0v) is 39.9. The molecule has 17 heteroatoms. The molecule has 338 valence electrons. The molecular weight excluding hydrogens is 959 g/mol. The number of carbonyl (C=O) groups excluding carboxylic acids is 4. The second-order valence-electron chi connectivity index (χ2n) is 17.7. The Bertz CT molecular complexity index is 2460. The van der Waals surface area contributed by atoms with Crippen LogP contribution < -0.4 is 46.2 Å². The van der Waals surface area contributed by atoms with E-state index in [1.807, 2.05) is 56.7 Å². The molecule has 2 saturated heterocycles. The van der Waals surface area contributed by atoms with Crippen LogP contribution in [0.15, 0.2) is 67.7 Å². The van der Waals surface area contributed by atoms with Gasteiger partial charge in [-0.1, -0.05) is 45.0 Å². The van der Waals surface area contributed by atoms with Gasteiger partial charge in [0.25, 0.3) is 5.91 Å². The van der Waals surface area contributed by atoms with Crippen LogP contribution in [0.1, 0.15) is 99.7 Å². The summed E-state index contributed by atoms with van der Waals surface area (Å²) in [5.74, 6) is -3.01. The molecule has 13 nitrogen and oxygen atoms in total. The second kappa shape index (κ2) is 19.3. The van der Waals surface area contributed by atoms with Crippen LogP contribution in [0.3, 0.4) is 0 Å². The predicted octanol–water partition coefficient (Wildman–Crippen LogP) is 2.69. The number of rotatable bonds is 12. The summed E-state index contributed by atoms with van der Waals surface area (Å²) in [5, 5.41) is 22.6. The monoisotopic (exact) mass is 1010 g/mol. The van der Waals surface area contributed by atoms with Crippen molar-refractivity contribution in [3.63, 3.8) is 0 Å². The first-order valence-electron chi connectivity index (χ1n) is 21.2. The van der Waals surface area contributed by atoms with Gasteiger partial charge in [0.2, 0.25) is 5.91 Å². The summed E-state index contributed by atoms with van der Waals surface area (Å²) >= 11 is 1.67. The van der Waals surface area contributed by atoms with Crippen LogP contribution >= 0.6 is 11.8 Å². The third kappa shape index (κ3) is 10.7. The zero-order valence-electron chi connectivity index (χ0n) is 36.1. The average Bonchev–Trinajstić information content (AvgIpc) is 3.76. The van der Waals surface area contributed by atoms with Crippen molar-refractivity contribution >= 4 is 56.2 Å². The van der Waals surface area contributed by atoms with Gasteiger partial charge in [-0.3, -0.25) is 14.4 Å². The van der Waals surface area contributed by atoms with Crippen molar-refractivity contribution in [2.45, 2.75) is 110 Å². The number of phenolic OH excluding ortho intramolecular Hbond substituents is 1. The number of fused-ring (bicyclic) bond motifs is 1. The molecule has 2 fully saturated rings. The SMILES string of the molecule is CC1=C(c2ccc([C@H](C)NC(=O)[C@@H]3CCCN3C(=O)[C@@H](NC(=O)Cc3cccc(CN[C@H]4CCCc5c(cc(O)c(N6CC(=O)NS6(=O)=O)c5F)C4)c3)C(C)(C)C)cc2)SC=C[I-]1. The maximum atomic E-state index is 15.8. The number of nitrogens with one attached hydrogen (secondary N) is 4. The molecule has 5 N–H and O–H groups in total. The number of thioether (sulfide) groups is 1. The molecule has 63 heavy (non-hydrogen) atoms. The standard InChI is InChI=1S/C46H55FIN6O7S2/c1-27-42(62-20-18-48-27)32-16-14-31(15-17-32)28(2)50-44(58)36-13-8-19-53(36)45(59)43(46(3,4)5)51-38(56)22-29-9-6-10-30(21-29)25-49-34-11-7-12-35-33(23-34)24-37(55)41(40(35)47)54-26-39(57)52-63(54,60)61/h6,9-10,14-18,20-21,24,28,34,36,43,49,55H,7-8,11-13,19,22-23,25-26H2,1-5H3,(H,50,58)(H,51,56)(H,52,57)/q-1/t28-,34-,36-,43+/m0/s1. The molecule has 3 aliphatic heterocycles. The molecule has 0 saturated carbocycles. The number of nitrogens with zero attached hydrogens (tertiary/aromatic N) is 2. The Morgan fingerprint density at radius 2 is 1.79 bits per heavy atom. The Hall–Kier alpha value is -4.46. The van der Waals surface area contributed by atoms with Gasteiger partial charge < -0.3 is 15.7 Å². The summed E-state index contributed by atoms with van der Waals surface area (Å²) < 4.78 is 46.7. The molecule has 7 rings (SSSR count). The number of hydrogen-bond donors (Lipinski definition) is 5. The number of amides is 4. The molecule has 3 aromatic carbocycles. The summed E-state index contributed by atoms with van der Waals surface area (Å²) in [6.07, 6.45) is 3.28. The number of aromatic hydroxyl groups is 1. The molecule has 0 unspecified atom stereocenters. The second-order valence-corrected chi connectivity index (χ2v) is 23.1. The Morgan fingerprint density at radius 1 is 1.05 bits per heavy atom. The molecule has 0 radical (unpaired) electrons. The third-order valence-corrected chi connectivity index (χ3v) is 17.4. The minimum atomic E-state index is -4.31. The van der Waals surface area contributed by atoms with Crippen LogP contribution in [-0.4, -0.2) is 73.3 Å². The number of likely N-dealkylation sites (tertiary alicyclic amines) is 1. The van der Waals surface area contributed by atoms with Gasteiger partial charge in [-0.25, -0.2) is 13.4 Å². The molecule has 1 aliphatic carbocycles. The van der Waals surface area contributed by atoms with Crippen LogP contribution in [-0.2, 0) is 55.2 Å². The van der Waals surface area contributed by atoms with E-state index in [9.17, 15) is 32.7 Å². The molecule has 4 atom stereocenters. The maximum absolute atomic E-state index is 15.8. The van der Waals surface area contributed by atoms with E-state index < -0.39 is 57.4 Å². The third-order valence-electron chi connectivity index (χ3n) is 11.9. The fourth-order valence-corrected chi connectivity index (χ4v) is 13.2. The Labute approximate surface area is 383 Å². The Kier molecular flexibility index (Phi) is 14.3. The summed E-state index contributed by atoms with van der Waals surface area (Å²) in [4.78, 5) is 56.4. The molecule has 0 bridgehead atoms. The quantitative estimate of drug-likeness (QED) is 0.135. The van der Waals surface area contributed by atoms with Gasteiger partial charge >= 0.3 is 169 Å². The van der Waals surface area contributed by atoms with E-state index in [-0.39, 0.29) is 57.4 Å². The molecule has 4 aliphatic rings. The molecule has 0 aromatic heterocycles. The van der Waals surface area contributed by atoms with Crippen LogP contribution in [0, 0.1) is 11.2 Å². The summed E-state index contributed by atoms with van der Waals surface area (Å²) in [6, 6.07) is 15.4. The van der Waals surface area contributed by atoms with Crippen LogP contribution in [0.4, 0.5) is 10.1 Å². The van der Waals surface area contributed by atoms with Gasteiger partial charge in [0, 0.05) is 12.6 Å². The van der Waals surface area contributed by atoms with Crippen molar-refractivity contribution in [2.75, 3.05) is 17.4 Å². The van der Waals surface area contributed by atoms with Crippen molar-refractivity contribution in [1.29, 1.82) is 0 Å². The first kappa shape index (κ1) is 46.5. The van der Waals surface area contributed by atoms with E-state index in [4.69, 9.17) is 0 Å². The number of halogens is 2. The van der Waals surface area contributed by atoms with Crippen molar-refractivity contribution in [3.05, 3.63) is 107 Å². The van der Waals surface area contributed by atoms with Gasteiger partial charge in [0.15, 0.2) is 5.82 Å². The van der Waals surface area contributed by atoms with E-state index in [1.165, 1.54) is 20.1 Å². The van der Waals surface area contributed by atoms with Crippen LogP contribution in [0.2, 0.25) is 0 Å². The summed E-state index contributed by atoms with van der Waals surface area (Å²) in [6.45, 7) is 10.1. The molecular formula is C46H55FIN6O7S2-. The van der Waals surface area contributed by atoms with E-state index in [0.717, 1.165) is 16.7 Å². The molecule has 0 spiro atoms. The average molecular weight is 1010 g/mol. The fourth-order valence-electron chi connectivity index (χ4n) is 8.67. The van der Waals surface area contributed by atoms with Gasteiger partial charge in [0.1, 0.15) is 24.0 Å². The number of carbonyl (C=O) groups is 4. The van der Waals surface area contributed by atoms with Gasteiger partial charge in [-0.05, 0) is 59.4 Å². The van der Waals surface area contributed by atoms with E-state index in [1.54, 1.807) is 16.7 Å². The minimum absolute atomic E-state index is 0.0350. The Morgan fingerprint density at radius 3 is 2.49 bits per heavy atom. The van der Waals surface area contributed by atoms with Crippen molar-refractivity contribution in [2.24, 2.45) is 5.41 Å². The number of phenols is 1. The normalized spacial score (nSPS) is 20.9. The van der Waals surface area contributed by atoms with E-state index in [0.29, 0.717) is 67.0 Å². The van der Waals surface area contributed by atoms with Crippen molar-refractivity contribution in [1.82, 2.24) is 25.6 Å². The van der Waals surface area contributed by atoms with Crippen molar-refractivity contribution < 1.29 is 58.3 Å². The van der Waals surface area contributed by atoms with E-state index >= 15 is 4.39 Å². The first-order chi connectivity index (χ1) is 29.9. The number of allylic oxidation sites excluding steroid dienone is 1. The van der Waals surface area contributed by atoms with E-state index in [2.05, 4.69) is 56.6 Å².